The van der Waals surface area contributed by atoms with Gasteiger partial charge >= 0.3 is 0 Å². The maximum Gasteiger partial charge on any atom is 0.271 e. The molecule has 26 heavy (non-hydrogen) atoms. The molecule has 0 bridgehead atoms. The molecular formula is C19H16BrN3O3. The molecule has 0 aromatic heterocycles. The summed E-state index contributed by atoms with van der Waals surface area (Å²) in [4.78, 5) is 22.9. The van der Waals surface area contributed by atoms with E-state index in [4.69, 9.17) is 5.21 Å². The predicted molar refractivity (Wildman–Crippen MR) is 105 cm³/mol. The smallest absolute Gasteiger partial charge is 0.271 e. The summed E-state index contributed by atoms with van der Waals surface area (Å²) < 4.78 is 0.714. The Kier molecular flexibility index (Phi) is 7.48. The lowest BCUT2D eigenvalue weighted by molar-refractivity contribution is -0.124. The van der Waals surface area contributed by atoms with E-state index in [1.807, 2.05) is 36.4 Å². The molecule has 0 saturated heterocycles. The molecule has 3 N–H and O–H groups in total. The molecule has 0 aliphatic carbocycles. The molecule has 0 unspecified atom stereocenters. The summed E-state index contributed by atoms with van der Waals surface area (Å²) in [5.74, 6) is -0.986. The number of carbonyl (C=O) groups is 2. The van der Waals surface area contributed by atoms with Gasteiger partial charge in [0.1, 0.15) is 0 Å². The van der Waals surface area contributed by atoms with Crippen molar-refractivity contribution in [1.29, 1.82) is 0 Å². The minimum Gasteiger partial charge on any atom is -0.288 e. The molecule has 2 aromatic carbocycles. The van der Waals surface area contributed by atoms with Crippen molar-refractivity contribution in [2.24, 2.45) is 5.10 Å². The molecular weight excluding hydrogens is 398 g/mol. The van der Waals surface area contributed by atoms with Gasteiger partial charge in [-0.1, -0.05) is 42.5 Å². The number of hydrogen-bond acceptors (Lipinski definition) is 4. The lowest BCUT2D eigenvalue weighted by atomic mass is 10.1. The van der Waals surface area contributed by atoms with Crippen molar-refractivity contribution in [3.8, 4) is 0 Å². The van der Waals surface area contributed by atoms with E-state index in [0.29, 0.717) is 15.6 Å². The Bertz CT molecular complexity index is 844. The summed E-state index contributed by atoms with van der Waals surface area (Å²) in [7, 11) is 0. The Morgan fingerprint density at radius 1 is 1.00 bits per heavy atom. The van der Waals surface area contributed by atoms with E-state index in [1.165, 1.54) is 23.8 Å². The van der Waals surface area contributed by atoms with Crippen LogP contribution in [0.2, 0.25) is 0 Å². The SMILES string of the molecule is O=C(/C=C/c1ccc(C(=O)N/N=C/C(Br)=C/c2ccccc2)cc1)NO. The average molecular weight is 414 g/mol. The molecule has 0 fully saturated rings. The van der Waals surface area contributed by atoms with Gasteiger partial charge in [0.25, 0.3) is 11.8 Å². The predicted octanol–water partition coefficient (Wildman–Crippen LogP) is 3.36. The fourth-order valence-corrected chi connectivity index (χ4v) is 2.28. The first kappa shape index (κ1) is 19.3. The third-order valence-corrected chi connectivity index (χ3v) is 3.60. The molecule has 0 spiro atoms. The van der Waals surface area contributed by atoms with Crippen LogP contribution in [0, 0.1) is 0 Å². The number of nitrogens with zero attached hydrogens (tertiary/aromatic N) is 1. The van der Waals surface area contributed by atoms with Crippen LogP contribution in [0.25, 0.3) is 12.2 Å². The quantitative estimate of drug-likeness (QED) is 0.293. The Morgan fingerprint density at radius 3 is 2.35 bits per heavy atom. The molecule has 0 saturated carbocycles. The maximum atomic E-state index is 12.0. The number of carbonyl (C=O) groups excluding carboxylic acids is 2. The minimum absolute atomic E-state index is 0.357. The Morgan fingerprint density at radius 2 is 1.69 bits per heavy atom. The van der Waals surface area contributed by atoms with Gasteiger partial charge < -0.3 is 0 Å². The summed E-state index contributed by atoms with van der Waals surface area (Å²) in [5, 5.41) is 12.3. The zero-order chi connectivity index (χ0) is 18.8. The normalized spacial score (nSPS) is 11.7. The van der Waals surface area contributed by atoms with Crippen LogP contribution in [-0.4, -0.2) is 23.2 Å². The van der Waals surface area contributed by atoms with Gasteiger partial charge in [-0.3, -0.25) is 14.8 Å². The second-order valence-electron chi connectivity index (χ2n) is 5.07. The molecule has 2 amide bonds. The third kappa shape index (κ3) is 6.46. The molecule has 132 valence electrons. The average Bonchev–Trinajstić information content (AvgIpc) is 2.67. The molecule has 7 heteroatoms. The fourth-order valence-electron chi connectivity index (χ4n) is 1.92. The van der Waals surface area contributed by atoms with Crippen molar-refractivity contribution in [3.63, 3.8) is 0 Å². The van der Waals surface area contributed by atoms with Gasteiger partial charge in [-0.2, -0.15) is 5.10 Å². The van der Waals surface area contributed by atoms with Crippen LogP contribution in [-0.2, 0) is 4.79 Å². The van der Waals surface area contributed by atoms with Gasteiger partial charge in [0, 0.05) is 16.1 Å². The number of hydrogen-bond donors (Lipinski definition) is 3. The summed E-state index contributed by atoms with van der Waals surface area (Å²) in [6, 6.07) is 16.3. The van der Waals surface area contributed by atoms with E-state index in [1.54, 1.807) is 24.3 Å². The number of halogens is 1. The summed E-state index contributed by atoms with van der Waals surface area (Å²) in [6.07, 6.45) is 6.06. The first-order chi connectivity index (χ1) is 12.6. The zero-order valence-corrected chi connectivity index (χ0v) is 15.2. The molecule has 0 heterocycles. The highest BCUT2D eigenvalue weighted by atomic mass is 79.9. The van der Waals surface area contributed by atoms with Crippen LogP contribution in [0.4, 0.5) is 0 Å². The van der Waals surface area contributed by atoms with Crippen molar-refractivity contribution in [2.75, 3.05) is 0 Å². The van der Waals surface area contributed by atoms with Gasteiger partial charge in [0.05, 0.1) is 6.21 Å². The van der Waals surface area contributed by atoms with Crippen LogP contribution < -0.4 is 10.9 Å². The van der Waals surface area contributed by atoms with Gasteiger partial charge in [-0.25, -0.2) is 10.9 Å². The van der Waals surface area contributed by atoms with Crippen LogP contribution >= 0.6 is 15.9 Å². The minimum atomic E-state index is -0.629. The maximum absolute atomic E-state index is 12.0. The van der Waals surface area contributed by atoms with E-state index in [-0.39, 0.29) is 5.91 Å². The number of hydrazone groups is 1. The number of benzene rings is 2. The molecule has 0 atom stereocenters. The van der Waals surface area contributed by atoms with Gasteiger partial charge in [0.15, 0.2) is 0 Å². The lowest BCUT2D eigenvalue weighted by Gasteiger charge is -2.00. The highest BCUT2D eigenvalue weighted by Crippen LogP contribution is 2.10. The van der Waals surface area contributed by atoms with Crippen LogP contribution in [0.5, 0.6) is 0 Å². The number of amides is 2. The van der Waals surface area contributed by atoms with Gasteiger partial charge in [-0.15, -0.1) is 0 Å². The standard InChI is InChI=1S/C19H16BrN3O3/c20-17(12-15-4-2-1-3-5-15)13-21-22-19(25)16-9-6-14(7-10-16)8-11-18(24)23-26/h1-13,26H,(H,22,25)(H,23,24)/b11-8+,17-12-,21-13+. The molecule has 0 radical (unpaired) electrons. The second-order valence-corrected chi connectivity index (χ2v) is 5.99. The first-order valence-electron chi connectivity index (χ1n) is 7.56. The molecule has 2 rings (SSSR count). The van der Waals surface area contributed by atoms with Crippen LogP contribution in [0.15, 0.2) is 70.3 Å². The third-order valence-electron chi connectivity index (χ3n) is 3.17. The molecule has 6 nitrogen and oxygen atoms in total. The highest BCUT2D eigenvalue weighted by Gasteiger charge is 2.03. The van der Waals surface area contributed by atoms with Crippen molar-refractivity contribution in [2.45, 2.75) is 0 Å². The van der Waals surface area contributed by atoms with E-state index < -0.39 is 5.91 Å². The van der Waals surface area contributed by atoms with Crippen LogP contribution in [0.1, 0.15) is 21.5 Å². The summed E-state index contributed by atoms with van der Waals surface area (Å²) >= 11 is 3.37. The highest BCUT2D eigenvalue weighted by molar-refractivity contribution is 9.12. The first-order valence-corrected chi connectivity index (χ1v) is 8.35. The van der Waals surface area contributed by atoms with Gasteiger partial charge in [-0.05, 0) is 51.3 Å². The zero-order valence-electron chi connectivity index (χ0n) is 13.6. The van der Waals surface area contributed by atoms with Crippen molar-refractivity contribution in [3.05, 3.63) is 81.8 Å². The second kappa shape index (κ2) is 10.1. The Labute approximate surface area is 159 Å². The molecule has 0 aliphatic rings. The number of allylic oxidation sites excluding steroid dienone is 1. The molecule has 0 aliphatic heterocycles. The topological polar surface area (TPSA) is 90.8 Å². The monoisotopic (exact) mass is 413 g/mol. The van der Waals surface area contributed by atoms with Crippen molar-refractivity contribution >= 4 is 46.1 Å². The molecule has 2 aromatic rings. The van der Waals surface area contributed by atoms with Gasteiger partial charge in [0.2, 0.25) is 0 Å². The number of rotatable bonds is 6. The number of nitrogens with one attached hydrogen (secondary N) is 2. The summed E-state index contributed by atoms with van der Waals surface area (Å²) in [6.45, 7) is 0. The van der Waals surface area contributed by atoms with E-state index >= 15 is 0 Å². The Hall–Kier alpha value is -3.03. The Balaban J connectivity index is 1.92. The fraction of sp³-hybridized carbons (Fsp3) is 0. The summed E-state index contributed by atoms with van der Waals surface area (Å²) in [5.41, 5.74) is 6.08. The van der Waals surface area contributed by atoms with E-state index in [9.17, 15) is 9.59 Å². The van der Waals surface area contributed by atoms with Crippen LogP contribution in [0.3, 0.4) is 0 Å². The lowest BCUT2D eigenvalue weighted by Crippen LogP contribution is -2.17. The number of hydroxylamine groups is 1. The van der Waals surface area contributed by atoms with E-state index in [2.05, 4.69) is 26.5 Å². The van der Waals surface area contributed by atoms with Crippen molar-refractivity contribution in [1.82, 2.24) is 10.9 Å². The van der Waals surface area contributed by atoms with Crippen molar-refractivity contribution < 1.29 is 14.8 Å². The van der Waals surface area contributed by atoms with E-state index in [0.717, 1.165) is 5.56 Å². The largest absolute Gasteiger partial charge is 0.288 e.